The fourth-order valence-electron chi connectivity index (χ4n) is 5.18. The molecule has 8 nitrogen and oxygen atoms in total. The van der Waals surface area contributed by atoms with Crippen LogP contribution in [0.2, 0.25) is 0 Å². The fraction of sp³-hybridized carbons (Fsp3) is 0.241. The SMILES string of the molecule is Cc1nc(C2CCN(c3ncnc4[nH]c(-c5ccc(C#N)cc5)cc34)CC2)[nH]c1-c1ccc(OC(F)F)cc1. The summed E-state index contributed by atoms with van der Waals surface area (Å²) in [7, 11) is 0. The van der Waals surface area contributed by atoms with Crippen LogP contribution in [0.15, 0.2) is 60.9 Å². The molecule has 0 saturated carbocycles. The summed E-state index contributed by atoms with van der Waals surface area (Å²) in [5.74, 6) is 2.24. The summed E-state index contributed by atoms with van der Waals surface area (Å²) in [6, 6.07) is 18.3. The van der Waals surface area contributed by atoms with Crippen molar-refractivity contribution in [1.82, 2.24) is 24.9 Å². The van der Waals surface area contributed by atoms with Crippen LogP contribution in [0, 0.1) is 18.3 Å². The first-order chi connectivity index (χ1) is 19.0. The number of fused-ring (bicyclic) bond motifs is 1. The van der Waals surface area contributed by atoms with E-state index in [1.165, 1.54) is 12.1 Å². The molecule has 1 aliphatic heterocycles. The molecule has 0 aliphatic carbocycles. The van der Waals surface area contributed by atoms with Gasteiger partial charge in [0.2, 0.25) is 0 Å². The Morgan fingerprint density at radius 1 is 1.00 bits per heavy atom. The first kappa shape index (κ1) is 24.6. The summed E-state index contributed by atoms with van der Waals surface area (Å²) in [6.45, 7) is 0.747. The molecule has 0 radical (unpaired) electrons. The number of alkyl halides is 2. The first-order valence-corrected chi connectivity index (χ1v) is 12.7. The second-order valence-corrected chi connectivity index (χ2v) is 9.58. The zero-order valence-corrected chi connectivity index (χ0v) is 21.2. The average molecular weight is 526 g/mol. The zero-order valence-electron chi connectivity index (χ0n) is 21.2. The van der Waals surface area contributed by atoms with E-state index in [2.05, 4.69) is 41.7 Å². The number of rotatable bonds is 6. The Morgan fingerprint density at radius 2 is 1.72 bits per heavy atom. The topological polar surface area (TPSA) is 107 Å². The summed E-state index contributed by atoms with van der Waals surface area (Å²) in [5.41, 5.74) is 5.94. The van der Waals surface area contributed by atoms with Gasteiger partial charge in [0.15, 0.2) is 0 Å². The number of imidazole rings is 1. The molecule has 0 amide bonds. The Hall–Kier alpha value is -4.78. The Balaban J connectivity index is 1.17. The van der Waals surface area contributed by atoms with Crippen LogP contribution in [-0.2, 0) is 0 Å². The highest BCUT2D eigenvalue weighted by atomic mass is 19.3. The van der Waals surface area contributed by atoms with Gasteiger partial charge in [0.05, 0.1) is 28.4 Å². The number of nitrogens with zero attached hydrogens (tertiary/aromatic N) is 5. The van der Waals surface area contributed by atoms with E-state index in [1.807, 2.05) is 19.1 Å². The molecule has 1 aliphatic rings. The molecule has 39 heavy (non-hydrogen) atoms. The summed E-state index contributed by atoms with van der Waals surface area (Å²) in [4.78, 5) is 23.0. The molecule has 0 atom stereocenters. The third-order valence-corrected chi connectivity index (χ3v) is 7.18. The lowest BCUT2D eigenvalue weighted by Gasteiger charge is -2.32. The third kappa shape index (κ3) is 4.91. The standard InChI is InChI=1S/C29H25F2N7O/c1-17-25(20-6-8-22(9-7-20)39-29(30)31)37-26(35-17)21-10-12-38(13-11-21)28-23-14-24(36-27(23)33-16-34-28)19-4-2-18(15-32)3-5-19/h2-9,14,16,21,29H,10-13H2,1H3,(H,35,37)(H,33,34,36). The number of ether oxygens (including phenoxy) is 1. The van der Waals surface area contributed by atoms with E-state index < -0.39 is 6.61 Å². The van der Waals surface area contributed by atoms with Gasteiger partial charge in [0.25, 0.3) is 0 Å². The lowest BCUT2D eigenvalue weighted by molar-refractivity contribution is -0.0498. The molecule has 0 spiro atoms. The molecule has 10 heteroatoms. The number of piperidine rings is 1. The minimum absolute atomic E-state index is 0.129. The van der Waals surface area contributed by atoms with Gasteiger partial charge in [-0.3, -0.25) is 0 Å². The van der Waals surface area contributed by atoms with Gasteiger partial charge in [-0.1, -0.05) is 12.1 Å². The van der Waals surface area contributed by atoms with Gasteiger partial charge >= 0.3 is 6.61 Å². The van der Waals surface area contributed by atoms with E-state index in [0.717, 1.165) is 76.8 Å². The van der Waals surface area contributed by atoms with E-state index in [0.29, 0.717) is 5.56 Å². The molecule has 5 aromatic rings. The third-order valence-electron chi connectivity index (χ3n) is 7.18. The van der Waals surface area contributed by atoms with Crippen molar-refractivity contribution >= 4 is 16.9 Å². The largest absolute Gasteiger partial charge is 0.435 e. The van der Waals surface area contributed by atoms with Gasteiger partial charge in [-0.25, -0.2) is 15.0 Å². The van der Waals surface area contributed by atoms with Gasteiger partial charge in [-0.2, -0.15) is 14.0 Å². The van der Waals surface area contributed by atoms with E-state index >= 15 is 0 Å². The predicted octanol–water partition coefficient (Wildman–Crippen LogP) is 6.18. The van der Waals surface area contributed by atoms with Gasteiger partial charge in [-0.05, 0) is 67.8 Å². The molecular weight excluding hydrogens is 500 g/mol. The molecule has 4 heterocycles. The molecule has 6 rings (SSSR count). The molecule has 0 bridgehead atoms. The average Bonchev–Trinajstić information content (AvgIpc) is 3.57. The van der Waals surface area contributed by atoms with Crippen molar-refractivity contribution in [1.29, 1.82) is 5.26 Å². The summed E-state index contributed by atoms with van der Waals surface area (Å²) >= 11 is 0. The van der Waals surface area contributed by atoms with Crippen LogP contribution >= 0.6 is 0 Å². The lowest BCUT2D eigenvalue weighted by atomic mass is 9.96. The number of benzene rings is 2. The molecule has 3 aromatic heterocycles. The highest BCUT2D eigenvalue weighted by molar-refractivity contribution is 5.92. The second-order valence-electron chi connectivity index (χ2n) is 9.58. The number of hydrogen-bond acceptors (Lipinski definition) is 6. The number of anilines is 1. The van der Waals surface area contributed by atoms with Crippen LogP contribution in [0.1, 0.15) is 35.8 Å². The summed E-state index contributed by atoms with van der Waals surface area (Å²) < 4.78 is 29.4. The maximum absolute atomic E-state index is 12.5. The van der Waals surface area contributed by atoms with E-state index in [-0.39, 0.29) is 11.7 Å². The molecule has 0 unspecified atom stereocenters. The fourth-order valence-corrected chi connectivity index (χ4v) is 5.18. The van der Waals surface area contributed by atoms with Gasteiger partial charge in [0, 0.05) is 30.3 Å². The highest BCUT2D eigenvalue weighted by Gasteiger charge is 2.26. The molecule has 2 N–H and O–H groups in total. The minimum Gasteiger partial charge on any atom is -0.435 e. The first-order valence-electron chi connectivity index (χ1n) is 12.7. The molecule has 1 fully saturated rings. The minimum atomic E-state index is -2.84. The van der Waals surface area contributed by atoms with Crippen LogP contribution < -0.4 is 9.64 Å². The molecule has 2 aromatic carbocycles. The quantitative estimate of drug-likeness (QED) is 0.274. The van der Waals surface area contributed by atoms with Gasteiger partial charge in [0.1, 0.15) is 29.4 Å². The van der Waals surface area contributed by atoms with Gasteiger partial charge < -0.3 is 19.6 Å². The summed E-state index contributed by atoms with van der Waals surface area (Å²) in [6.07, 6.45) is 3.40. The predicted molar refractivity (Wildman–Crippen MR) is 144 cm³/mol. The lowest BCUT2D eigenvalue weighted by Crippen LogP contribution is -2.33. The number of nitriles is 1. The Bertz CT molecular complexity index is 1640. The maximum atomic E-state index is 12.5. The second kappa shape index (κ2) is 10.2. The van der Waals surface area contributed by atoms with Crippen molar-refractivity contribution in [2.45, 2.75) is 32.3 Å². The number of aromatic amines is 2. The van der Waals surface area contributed by atoms with Crippen molar-refractivity contribution < 1.29 is 13.5 Å². The van der Waals surface area contributed by atoms with Crippen molar-refractivity contribution in [2.75, 3.05) is 18.0 Å². The Labute approximate surface area is 223 Å². The molecule has 196 valence electrons. The number of hydrogen-bond donors (Lipinski definition) is 2. The smallest absolute Gasteiger partial charge is 0.387 e. The number of aromatic nitrogens is 5. The van der Waals surface area contributed by atoms with Crippen LogP contribution in [0.25, 0.3) is 33.5 Å². The Kier molecular flexibility index (Phi) is 6.40. The van der Waals surface area contributed by atoms with Crippen LogP contribution in [0.4, 0.5) is 14.6 Å². The molecule has 1 saturated heterocycles. The number of halogens is 2. The van der Waals surface area contributed by atoms with Crippen molar-refractivity contribution in [3.05, 3.63) is 78.0 Å². The highest BCUT2D eigenvalue weighted by Crippen LogP contribution is 2.34. The monoisotopic (exact) mass is 525 g/mol. The van der Waals surface area contributed by atoms with Crippen LogP contribution in [-0.4, -0.2) is 44.6 Å². The van der Waals surface area contributed by atoms with Crippen LogP contribution in [0.5, 0.6) is 5.75 Å². The normalized spacial score (nSPS) is 14.2. The Morgan fingerprint density at radius 3 is 2.41 bits per heavy atom. The van der Waals surface area contributed by atoms with Crippen molar-refractivity contribution in [3.8, 4) is 34.3 Å². The maximum Gasteiger partial charge on any atom is 0.387 e. The van der Waals surface area contributed by atoms with Crippen LogP contribution in [0.3, 0.4) is 0 Å². The van der Waals surface area contributed by atoms with Crippen molar-refractivity contribution in [3.63, 3.8) is 0 Å². The zero-order chi connectivity index (χ0) is 26.9. The number of nitrogens with one attached hydrogen (secondary N) is 2. The van der Waals surface area contributed by atoms with Crippen molar-refractivity contribution in [2.24, 2.45) is 0 Å². The van der Waals surface area contributed by atoms with Gasteiger partial charge in [-0.15, -0.1) is 0 Å². The number of aryl methyl sites for hydroxylation is 1. The van der Waals surface area contributed by atoms with E-state index in [4.69, 9.17) is 10.2 Å². The molecular formula is C29H25F2N7O. The van der Waals surface area contributed by atoms with E-state index in [1.54, 1.807) is 30.6 Å². The number of H-pyrrole nitrogens is 2. The summed E-state index contributed by atoms with van der Waals surface area (Å²) in [5, 5.41) is 10.0. The van der Waals surface area contributed by atoms with E-state index in [9.17, 15) is 8.78 Å².